The van der Waals surface area contributed by atoms with E-state index in [2.05, 4.69) is 0 Å². The van der Waals surface area contributed by atoms with Crippen LogP contribution in [0.2, 0.25) is 5.02 Å². The second-order valence-corrected chi connectivity index (χ2v) is 5.75. The van der Waals surface area contributed by atoms with Crippen molar-refractivity contribution in [3.05, 3.63) is 34.4 Å². The van der Waals surface area contributed by atoms with Crippen molar-refractivity contribution in [3.8, 4) is 5.75 Å². The Labute approximate surface area is 130 Å². The highest BCUT2D eigenvalue weighted by atomic mass is 35.5. The van der Waals surface area contributed by atoms with Gasteiger partial charge in [0.1, 0.15) is 12.4 Å². The van der Waals surface area contributed by atoms with Gasteiger partial charge in [-0.1, -0.05) is 11.6 Å². The third-order valence-electron chi connectivity index (χ3n) is 3.40. The van der Waals surface area contributed by atoms with Gasteiger partial charge in [0.15, 0.2) is 0 Å². The van der Waals surface area contributed by atoms with E-state index < -0.39 is 0 Å². The molecule has 0 saturated carbocycles. The molecule has 0 bridgehead atoms. The van der Waals surface area contributed by atoms with Gasteiger partial charge in [-0.25, -0.2) is 0 Å². The van der Waals surface area contributed by atoms with E-state index in [0.29, 0.717) is 23.6 Å². The monoisotopic (exact) mass is 309 g/mol. The zero-order valence-corrected chi connectivity index (χ0v) is 13.1. The van der Waals surface area contributed by atoms with Gasteiger partial charge in [-0.2, -0.15) is 0 Å². The first-order valence-electron chi connectivity index (χ1n) is 7.07. The van der Waals surface area contributed by atoms with Gasteiger partial charge in [0.05, 0.1) is 5.57 Å². The maximum absolute atomic E-state index is 12.6. The summed E-state index contributed by atoms with van der Waals surface area (Å²) < 4.78 is 5.62. The molecule has 0 unspecified atom stereocenters. The molecule has 0 aliphatic carbocycles. The summed E-state index contributed by atoms with van der Waals surface area (Å²) in [5, 5.41) is 9.57. The number of halogens is 1. The molecule has 0 spiro atoms. The summed E-state index contributed by atoms with van der Waals surface area (Å²) in [6.45, 7) is 4.79. The average molecular weight is 310 g/mol. The zero-order chi connectivity index (χ0) is 15.4. The number of aliphatic hydroxyl groups is 1. The van der Waals surface area contributed by atoms with Crippen molar-refractivity contribution >= 4 is 23.6 Å². The predicted octanol–water partition coefficient (Wildman–Crippen LogP) is 2.74. The predicted molar refractivity (Wildman–Crippen MR) is 83.5 cm³/mol. The minimum atomic E-state index is -0.0518. The normalized spacial score (nSPS) is 13.5. The van der Waals surface area contributed by atoms with Crippen molar-refractivity contribution in [1.29, 1.82) is 0 Å². The minimum absolute atomic E-state index is 0.0518. The van der Waals surface area contributed by atoms with Gasteiger partial charge < -0.3 is 14.7 Å². The molecule has 1 aromatic rings. The molecule has 114 valence electrons. The third-order valence-corrected chi connectivity index (χ3v) is 3.64. The SMILES string of the molecule is CC(C)N(CCCO)C(=O)C1=Cc2cc(Cl)ccc2OC1. The molecular weight excluding hydrogens is 290 g/mol. The molecule has 0 radical (unpaired) electrons. The van der Waals surface area contributed by atoms with E-state index in [4.69, 9.17) is 21.4 Å². The number of carbonyl (C=O) groups is 1. The summed E-state index contributed by atoms with van der Waals surface area (Å²) in [7, 11) is 0. The van der Waals surface area contributed by atoms with Gasteiger partial charge in [0, 0.05) is 29.8 Å². The Morgan fingerprint density at radius 1 is 1.48 bits per heavy atom. The number of hydrogen-bond donors (Lipinski definition) is 1. The Bertz CT molecular complexity index is 554. The number of ether oxygens (including phenoxy) is 1. The van der Waals surface area contributed by atoms with Gasteiger partial charge in [-0.05, 0) is 44.5 Å². The summed E-state index contributed by atoms with van der Waals surface area (Å²) in [5.74, 6) is 0.687. The molecule has 2 rings (SSSR count). The van der Waals surface area contributed by atoms with Crippen molar-refractivity contribution in [2.75, 3.05) is 19.8 Å². The van der Waals surface area contributed by atoms with Crippen molar-refractivity contribution in [2.24, 2.45) is 0 Å². The molecule has 21 heavy (non-hydrogen) atoms. The molecule has 0 saturated heterocycles. The summed E-state index contributed by atoms with van der Waals surface area (Å²) >= 11 is 5.98. The molecule has 1 aliphatic heterocycles. The van der Waals surface area contributed by atoms with Crippen LogP contribution in [0, 0.1) is 0 Å². The molecule has 5 heteroatoms. The van der Waals surface area contributed by atoms with Crippen molar-refractivity contribution < 1.29 is 14.6 Å². The largest absolute Gasteiger partial charge is 0.488 e. The highest BCUT2D eigenvalue weighted by molar-refractivity contribution is 6.30. The van der Waals surface area contributed by atoms with Gasteiger partial charge in [-0.3, -0.25) is 4.79 Å². The van der Waals surface area contributed by atoms with E-state index in [1.54, 1.807) is 23.1 Å². The fourth-order valence-electron chi connectivity index (χ4n) is 2.29. The maximum atomic E-state index is 12.6. The van der Waals surface area contributed by atoms with Crippen LogP contribution in [0.1, 0.15) is 25.8 Å². The van der Waals surface area contributed by atoms with Crippen LogP contribution in [0.5, 0.6) is 5.75 Å². The average Bonchev–Trinajstić information content (AvgIpc) is 2.46. The lowest BCUT2D eigenvalue weighted by Gasteiger charge is -2.29. The van der Waals surface area contributed by atoms with Crippen LogP contribution >= 0.6 is 11.6 Å². The Morgan fingerprint density at radius 2 is 2.24 bits per heavy atom. The fourth-order valence-corrected chi connectivity index (χ4v) is 2.47. The Kier molecular flexibility index (Phi) is 5.26. The molecular formula is C16H20ClNO3. The van der Waals surface area contributed by atoms with E-state index in [1.165, 1.54) is 0 Å². The number of hydrogen-bond acceptors (Lipinski definition) is 3. The Morgan fingerprint density at radius 3 is 2.90 bits per heavy atom. The summed E-state index contributed by atoms with van der Waals surface area (Å²) in [6, 6.07) is 5.44. The molecule has 1 amide bonds. The van der Waals surface area contributed by atoms with Crippen LogP contribution in [0.15, 0.2) is 23.8 Å². The lowest BCUT2D eigenvalue weighted by Crippen LogP contribution is -2.40. The molecule has 4 nitrogen and oxygen atoms in total. The smallest absolute Gasteiger partial charge is 0.253 e. The van der Waals surface area contributed by atoms with Crippen LogP contribution in [0.3, 0.4) is 0 Å². The first-order valence-corrected chi connectivity index (χ1v) is 7.45. The van der Waals surface area contributed by atoms with E-state index in [1.807, 2.05) is 19.9 Å². The lowest BCUT2D eigenvalue weighted by atomic mass is 10.1. The second kappa shape index (κ2) is 6.96. The van der Waals surface area contributed by atoms with Gasteiger partial charge in [0.2, 0.25) is 0 Å². The van der Waals surface area contributed by atoms with Crippen LogP contribution in [0.4, 0.5) is 0 Å². The van der Waals surface area contributed by atoms with Crippen molar-refractivity contribution in [1.82, 2.24) is 4.90 Å². The molecule has 1 N–H and O–H groups in total. The zero-order valence-electron chi connectivity index (χ0n) is 12.3. The molecule has 0 atom stereocenters. The molecule has 1 aromatic carbocycles. The maximum Gasteiger partial charge on any atom is 0.253 e. The number of amides is 1. The van der Waals surface area contributed by atoms with E-state index in [9.17, 15) is 4.79 Å². The highest BCUT2D eigenvalue weighted by Gasteiger charge is 2.23. The second-order valence-electron chi connectivity index (χ2n) is 5.31. The first-order chi connectivity index (χ1) is 10.0. The number of aliphatic hydroxyl groups excluding tert-OH is 1. The number of rotatable bonds is 5. The van der Waals surface area contributed by atoms with Gasteiger partial charge >= 0.3 is 0 Å². The number of benzene rings is 1. The standard InChI is InChI=1S/C16H20ClNO3/c1-11(2)18(6-3-7-19)16(20)13-8-12-9-14(17)4-5-15(12)21-10-13/h4-5,8-9,11,19H,3,6-7,10H2,1-2H3. The molecule has 0 fully saturated rings. The van der Waals surface area contributed by atoms with Gasteiger partial charge in [0.25, 0.3) is 5.91 Å². The van der Waals surface area contributed by atoms with Crippen LogP contribution in [-0.4, -0.2) is 41.7 Å². The fraction of sp³-hybridized carbons (Fsp3) is 0.438. The third kappa shape index (κ3) is 3.77. The number of nitrogens with zero attached hydrogens (tertiary/aromatic N) is 1. The Balaban J connectivity index is 2.22. The van der Waals surface area contributed by atoms with E-state index in [0.717, 1.165) is 11.3 Å². The topological polar surface area (TPSA) is 49.8 Å². The summed E-state index contributed by atoms with van der Waals surface area (Å²) in [5.41, 5.74) is 1.43. The Hall–Kier alpha value is -1.52. The van der Waals surface area contributed by atoms with E-state index >= 15 is 0 Å². The van der Waals surface area contributed by atoms with E-state index in [-0.39, 0.29) is 25.2 Å². The van der Waals surface area contributed by atoms with Crippen molar-refractivity contribution in [3.63, 3.8) is 0 Å². The molecule has 1 heterocycles. The lowest BCUT2D eigenvalue weighted by molar-refractivity contribution is -0.129. The number of carbonyl (C=O) groups excluding carboxylic acids is 1. The van der Waals surface area contributed by atoms with Crippen LogP contribution in [-0.2, 0) is 4.79 Å². The summed E-state index contributed by atoms with van der Waals surface area (Å²) in [4.78, 5) is 14.4. The van der Waals surface area contributed by atoms with Crippen molar-refractivity contribution in [2.45, 2.75) is 26.3 Å². The quantitative estimate of drug-likeness (QED) is 0.910. The number of fused-ring (bicyclic) bond motifs is 1. The first kappa shape index (κ1) is 15.9. The molecule has 0 aromatic heterocycles. The van der Waals surface area contributed by atoms with Crippen LogP contribution < -0.4 is 4.74 Å². The highest BCUT2D eigenvalue weighted by Crippen LogP contribution is 2.29. The summed E-state index contributed by atoms with van der Waals surface area (Å²) in [6.07, 6.45) is 2.40. The van der Waals surface area contributed by atoms with Gasteiger partial charge in [-0.15, -0.1) is 0 Å². The minimum Gasteiger partial charge on any atom is -0.488 e. The van der Waals surface area contributed by atoms with Crippen LogP contribution in [0.25, 0.3) is 6.08 Å². The molecule has 1 aliphatic rings.